The van der Waals surface area contributed by atoms with Gasteiger partial charge in [0.05, 0.1) is 5.56 Å². The van der Waals surface area contributed by atoms with Crippen molar-refractivity contribution in [3.8, 4) is 6.07 Å². The zero-order valence-corrected chi connectivity index (χ0v) is 11.6. The van der Waals surface area contributed by atoms with Crippen LogP contribution in [0, 0.1) is 16.7 Å². The number of nitrogens with one attached hydrogen (secondary N) is 1. The van der Waals surface area contributed by atoms with E-state index in [9.17, 15) is 0 Å². The number of pyridine rings is 1. The monoisotopic (exact) mass is 263 g/mol. The molecular formula is C14H18ClN3. The average Bonchev–Trinajstić information content (AvgIpc) is 2.31. The summed E-state index contributed by atoms with van der Waals surface area (Å²) in [5, 5.41) is 12.8. The summed E-state index contributed by atoms with van der Waals surface area (Å²) in [6.07, 6.45) is 6.37. The van der Waals surface area contributed by atoms with Crippen molar-refractivity contribution in [2.24, 2.45) is 5.41 Å². The Kier molecular flexibility index (Phi) is 3.77. The number of hydrogen-bond donors (Lipinski definition) is 1. The first-order chi connectivity index (χ1) is 8.52. The standard InChI is InChI=1S/C14H18ClN3/c1-14(2)6-3-4-11(8-14)18-13-12(15)10(9-16)5-7-17-13/h5,7,11H,3-4,6,8H2,1-2H3,(H,17,18). The van der Waals surface area contributed by atoms with E-state index in [0.29, 0.717) is 27.9 Å². The Labute approximate surface area is 113 Å². The number of halogens is 1. The molecule has 1 aromatic rings. The van der Waals surface area contributed by atoms with Crippen LogP contribution in [0.3, 0.4) is 0 Å². The molecule has 0 aromatic carbocycles. The minimum Gasteiger partial charge on any atom is -0.366 e. The highest BCUT2D eigenvalue weighted by Gasteiger charge is 2.28. The Morgan fingerprint density at radius 1 is 1.56 bits per heavy atom. The summed E-state index contributed by atoms with van der Waals surface area (Å²) in [4.78, 5) is 4.23. The van der Waals surface area contributed by atoms with Crippen LogP contribution in [0.4, 0.5) is 5.82 Å². The van der Waals surface area contributed by atoms with Gasteiger partial charge in [0.1, 0.15) is 16.9 Å². The minimum atomic E-state index is 0.370. The normalized spacial score (nSPS) is 22.2. The third kappa shape index (κ3) is 2.94. The lowest BCUT2D eigenvalue weighted by Gasteiger charge is -2.35. The van der Waals surface area contributed by atoms with E-state index >= 15 is 0 Å². The molecule has 1 aliphatic carbocycles. The van der Waals surface area contributed by atoms with Crippen molar-refractivity contribution in [1.29, 1.82) is 5.26 Å². The summed E-state index contributed by atoms with van der Waals surface area (Å²) in [6, 6.07) is 4.11. The van der Waals surface area contributed by atoms with Crippen molar-refractivity contribution in [1.82, 2.24) is 4.98 Å². The predicted molar refractivity (Wildman–Crippen MR) is 73.6 cm³/mol. The van der Waals surface area contributed by atoms with E-state index in [1.54, 1.807) is 12.3 Å². The van der Waals surface area contributed by atoms with Crippen molar-refractivity contribution in [2.75, 3.05) is 5.32 Å². The molecule has 4 heteroatoms. The van der Waals surface area contributed by atoms with Crippen molar-refractivity contribution in [2.45, 2.75) is 45.6 Å². The number of aromatic nitrogens is 1. The van der Waals surface area contributed by atoms with Gasteiger partial charge < -0.3 is 5.32 Å². The predicted octanol–water partition coefficient (Wildman–Crippen LogP) is 3.99. The second-order valence-corrected chi connectivity index (χ2v) is 6.11. The highest BCUT2D eigenvalue weighted by Crippen LogP contribution is 2.37. The smallest absolute Gasteiger partial charge is 0.146 e. The molecule has 1 saturated carbocycles. The van der Waals surface area contributed by atoms with Crippen molar-refractivity contribution in [3.63, 3.8) is 0 Å². The molecule has 1 atom stereocenters. The van der Waals surface area contributed by atoms with Gasteiger partial charge in [0, 0.05) is 12.2 Å². The van der Waals surface area contributed by atoms with E-state index in [2.05, 4.69) is 30.2 Å². The molecule has 1 unspecified atom stereocenters. The van der Waals surface area contributed by atoms with Gasteiger partial charge in [-0.1, -0.05) is 31.9 Å². The fraction of sp³-hybridized carbons (Fsp3) is 0.571. The van der Waals surface area contributed by atoms with Crippen LogP contribution >= 0.6 is 11.6 Å². The molecule has 1 aromatic heterocycles. The molecule has 1 heterocycles. The Hall–Kier alpha value is -1.27. The second kappa shape index (κ2) is 5.16. The van der Waals surface area contributed by atoms with E-state index in [1.165, 1.54) is 12.8 Å². The third-order valence-electron chi connectivity index (χ3n) is 3.56. The molecule has 18 heavy (non-hydrogen) atoms. The quantitative estimate of drug-likeness (QED) is 0.878. The van der Waals surface area contributed by atoms with Crippen molar-refractivity contribution in [3.05, 3.63) is 22.8 Å². The van der Waals surface area contributed by atoms with Gasteiger partial charge in [-0.3, -0.25) is 0 Å². The van der Waals surface area contributed by atoms with Crippen molar-refractivity contribution < 1.29 is 0 Å². The van der Waals surface area contributed by atoms with Gasteiger partial charge in [0.15, 0.2) is 0 Å². The molecule has 0 bridgehead atoms. The van der Waals surface area contributed by atoms with Gasteiger partial charge in [-0.05, 0) is 30.7 Å². The summed E-state index contributed by atoms with van der Waals surface area (Å²) in [5.41, 5.74) is 0.846. The topological polar surface area (TPSA) is 48.7 Å². The zero-order chi connectivity index (χ0) is 13.2. The Morgan fingerprint density at radius 3 is 3.00 bits per heavy atom. The van der Waals surface area contributed by atoms with Crippen LogP contribution in [0.25, 0.3) is 0 Å². The van der Waals surface area contributed by atoms with Crippen LogP contribution in [-0.2, 0) is 0 Å². The van der Waals surface area contributed by atoms with E-state index in [0.717, 1.165) is 12.8 Å². The molecule has 96 valence electrons. The van der Waals surface area contributed by atoms with Crippen LogP contribution in [0.15, 0.2) is 12.3 Å². The van der Waals surface area contributed by atoms with Gasteiger partial charge in [-0.25, -0.2) is 4.98 Å². The van der Waals surface area contributed by atoms with Crippen LogP contribution in [-0.4, -0.2) is 11.0 Å². The summed E-state index contributed by atoms with van der Waals surface area (Å²) in [5.74, 6) is 0.637. The van der Waals surface area contributed by atoms with Crippen LogP contribution in [0.1, 0.15) is 45.1 Å². The molecule has 0 spiro atoms. The molecule has 0 aliphatic heterocycles. The highest BCUT2D eigenvalue weighted by atomic mass is 35.5. The first-order valence-corrected chi connectivity index (χ1v) is 6.71. The fourth-order valence-corrected chi connectivity index (χ4v) is 2.85. The zero-order valence-electron chi connectivity index (χ0n) is 10.8. The van der Waals surface area contributed by atoms with Crippen molar-refractivity contribution >= 4 is 17.4 Å². The van der Waals surface area contributed by atoms with Gasteiger partial charge in [0.2, 0.25) is 0 Å². The third-order valence-corrected chi connectivity index (χ3v) is 3.94. The maximum absolute atomic E-state index is 8.94. The summed E-state index contributed by atoms with van der Waals surface area (Å²) in [6.45, 7) is 4.59. The van der Waals surface area contributed by atoms with E-state index in [4.69, 9.17) is 16.9 Å². The lowest BCUT2D eigenvalue weighted by atomic mass is 9.75. The van der Waals surface area contributed by atoms with Crippen LogP contribution in [0.5, 0.6) is 0 Å². The average molecular weight is 264 g/mol. The maximum atomic E-state index is 8.94. The largest absolute Gasteiger partial charge is 0.366 e. The number of anilines is 1. The number of nitrogens with zero attached hydrogens (tertiary/aromatic N) is 2. The first-order valence-electron chi connectivity index (χ1n) is 6.33. The summed E-state index contributed by atoms with van der Waals surface area (Å²) in [7, 11) is 0. The van der Waals surface area contributed by atoms with Crippen LogP contribution < -0.4 is 5.32 Å². The molecule has 1 fully saturated rings. The second-order valence-electron chi connectivity index (χ2n) is 5.73. The summed E-state index contributed by atoms with van der Waals surface area (Å²) >= 11 is 6.15. The molecule has 0 radical (unpaired) electrons. The summed E-state index contributed by atoms with van der Waals surface area (Å²) < 4.78 is 0. The lowest BCUT2D eigenvalue weighted by molar-refractivity contribution is 0.229. The maximum Gasteiger partial charge on any atom is 0.146 e. The van der Waals surface area contributed by atoms with E-state index in [-0.39, 0.29) is 0 Å². The lowest BCUT2D eigenvalue weighted by Crippen LogP contribution is -2.32. The van der Waals surface area contributed by atoms with Crippen LogP contribution in [0.2, 0.25) is 5.02 Å². The van der Waals surface area contributed by atoms with Gasteiger partial charge in [0.25, 0.3) is 0 Å². The van der Waals surface area contributed by atoms with Gasteiger partial charge >= 0.3 is 0 Å². The SMILES string of the molecule is CC1(C)CCCC(Nc2nccc(C#N)c2Cl)C1. The molecule has 1 aliphatic rings. The highest BCUT2D eigenvalue weighted by molar-refractivity contribution is 6.34. The Bertz CT molecular complexity index is 476. The number of rotatable bonds is 2. The molecule has 2 rings (SSSR count). The van der Waals surface area contributed by atoms with Gasteiger partial charge in [-0.2, -0.15) is 5.26 Å². The molecular weight excluding hydrogens is 246 g/mol. The minimum absolute atomic E-state index is 0.370. The molecule has 0 saturated heterocycles. The molecule has 0 amide bonds. The first kappa shape index (κ1) is 13.2. The van der Waals surface area contributed by atoms with E-state index < -0.39 is 0 Å². The Morgan fingerprint density at radius 2 is 2.33 bits per heavy atom. The van der Waals surface area contributed by atoms with Gasteiger partial charge in [-0.15, -0.1) is 0 Å². The fourth-order valence-electron chi connectivity index (χ4n) is 2.65. The molecule has 1 N–H and O–H groups in total. The Balaban J connectivity index is 2.13. The van der Waals surface area contributed by atoms with E-state index in [1.807, 2.05) is 0 Å². The molecule has 3 nitrogen and oxygen atoms in total. The number of hydrogen-bond acceptors (Lipinski definition) is 3. The number of nitriles is 1.